The van der Waals surface area contributed by atoms with E-state index in [0.717, 1.165) is 37.1 Å². The van der Waals surface area contributed by atoms with Gasteiger partial charge in [-0.2, -0.15) is 0 Å². The minimum atomic E-state index is -0.0846. The van der Waals surface area contributed by atoms with Crippen LogP contribution in [0.5, 0.6) is 0 Å². The Kier molecular flexibility index (Phi) is 5.95. The molecule has 116 valence electrons. The second kappa shape index (κ2) is 8.17. The van der Waals surface area contributed by atoms with Crippen LogP contribution in [0, 0.1) is 0 Å². The molecule has 0 unspecified atom stereocenters. The molecule has 4 heteroatoms. The normalized spacial score (nSPS) is 14.5. The summed E-state index contributed by atoms with van der Waals surface area (Å²) in [6.45, 7) is 4.09. The average molecular weight is 298 g/mol. The zero-order chi connectivity index (χ0) is 15.8. The maximum Gasteiger partial charge on any atom is 0.246 e. The summed E-state index contributed by atoms with van der Waals surface area (Å²) in [4.78, 5) is 25.0. The number of benzene rings is 1. The second-order valence-electron chi connectivity index (χ2n) is 5.49. The summed E-state index contributed by atoms with van der Waals surface area (Å²) in [5, 5.41) is 2.86. The molecule has 0 spiro atoms. The van der Waals surface area contributed by atoms with Crippen molar-refractivity contribution in [1.82, 2.24) is 10.2 Å². The van der Waals surface area contributed by atoms with E-state index in [-0.39, 0.29) is 11.8 Å². The van der Waals surface area contributed by atoms with E-state index in [9.17, 15) is 9.59 Å². The Morgan fingerprint density at radius 3 is 2.73 bits per heavy atom. The third-order valence-electron chi connectivity index (χ3n) is 3.50. The molecular formula is C18H22N2O2. The molecule has 4 nitrogen and oxygen atoms in total. The third-order valence-corrected chi connectivity index (χ3v) is 3.50. The van der Waals surface area contributed by atoms with Gasteiger partial charge in [0.2, 0.25) is 11.8 Å². The minimum Gasteiger partial charge on any atom is -0.353 e. The standard InChI is InChI=1S/C18H22N2O2/c1-15-13-18(22)20(14-15)12-6-5-11-19-17(21)10-9-16-7-3-2-4-8-16/h2-4,7-10,13H,5-6,11-12,14H2,1H3,(H,19,21)/b10-9+. The van der Waals surface area contributed by atoms with Gasteiger partial charge >= 0.3 is 0 Å². The van der Waals surface area contributed by atoms with E-state index >= 15 is 0 Å². The van der Waals surface area contributed by atoms with Gasteiger partial charge in [0.15, 0.2) is 0 Å². The topological polar surface area (TPSA) is 49.4 Å². The first kappa shape index (κ1) is 16.0. The van der Waals surface area contributed by atoms with E-state index in [0.29, 0.717) is 6.54 Å². The molecule has 1 aliphatic rings. The molecule has 0 atom stereocenters. The molecule has 1 aromatic rings. The minimum absolute atomic E-state index is 0.0846. The smallest absolute Gasteiger partial charge is 0.246 e. The van der Waals surface area contributed by atoms with Gasteiger partial charge in [-0.1, -0.05) is 30.3 Å². The van der Waals surface area contributed by atoms with Crippen molar-refractivity contribution in [3.63, 3.8) is 0 Å². The molecule has 1 aliphatic heterocycles. The average Bonchev–Trinajstić information content (AvgIpc) is 2.84. The Labute approximate surface area is 131 Å². The molecule has 0 saturated heterocycles. The van der Waals surface area contributed by atoms with E-state index in [4.69, 9.17) is 0 Å². The molecule has 0 saturated carbocycles. The predicted molar refractivity (Wildman–Crippen MR) is 88.1 cm³/mol. The molecule has 0 bridgehead atoms. The molecule has 0 radical (unpaired) electrons. The van der Waals surface area contributed by atoms with Crippen molar-refractivity contribution in [3.05, 3.63) is 53.6 Å². The zero-order valence-corrected chi connectivity index (χ0v) is 12.9. The van der Waals surface area contributed by atoms with Crippen LogP contribution in [0.4, 0.5) is 0 Å². The van der Waals surface area contributed by atoms with Gasteiger partial charge in [-0.25, -0.2) is 0 Å². The van der Waals surface area contributed by atoms with E-state index in [1.54, 1.807) is 18.2 Å². The van der Waals surface area contributed by atoms with Gasteiger partial charge in [-0.15, -0.1) is 0 Å². The van der Waals surface area contributed by atoms with Gasteiger partial charge in [0, 0.05) is 31.8 Å². The molecule has 22 heavy (non-hydrogen) atoms. The van der Waals surface area contributed by atoms with Crippen LogP contribution in [-0.4, -0.2) is 36.3 Å². The number of hydrogen-bond donors (Lipinski definition) is 1. The van der Waals surface area contributed by atoms with Crippen LogP contribution >= 0.6 is 0 Å². The molecule has 0 aromatic heterocycles. The number of unbranched alkanes of at least 4 members (excludes halogenated alkanes) is 1. The zero-order valence-electron chi connectivity index (χ0n) is 12.9. The third kappa shape index (κ3) is 5.20. The van der Waals surface area contributed by atoms with E-state index in [1.807, 2.05) is 42.2 Å². The Morgan fingerprint density at radius 2 is 2.05 bits per heavy atom. The highest BCUT2D eigenvalue weighted by Crippen LogP contribution is 2.10. The Balaban J connectivity index is 1.58. The van der Waals surface area contributed by atoms with Crippen molar-refractivity contribution in [2.45, 2.75) is 19.8 Å². The fourth-order valence-electron chi connectivity index (χ4n) is 2.35. The SMILES string of the molecule is CC1=CC(=O)N(CCCCNC(=O)/C=C/c2ccccc2)C1. The first-order valence-electron chi connectivity index (χ1n) is 7.62. The second-order valence-corrected chi connectivity index (χ2v) is 5.49. The fourth-order valence-corrected chi connectivity index (χ4v) is 2.35. The first-order chi connectivity index (χ1) is 10.6. The summed E-state index contributed by atoms with van der Waals surface area (Å²) in [7, 11) is 0. The maximum atomic E-state index is 11.7. The largest absolute Gasteiger partial charge is 0.353 e. The number of nitrogens with one attached hydrogen (secondary N) is 1. The lowest BCUT2D eigenvalue weighted by molar-refractivity contribution is -0.124. The Hall–Kier alpha value is -2.36. The lowest BCUT2D eigenvalue weighted by Crippen LogP contribution is -2.28. The van der Waals surface area contributed by atoms with Crippen molar-refractivity contribution in [2.24, 2.45) is 0 Å². The summed E-state index contributed by atoms with van der Waals surface area (Å²) in [6, 6.07) is 9.72. The van der Waals surface area contributed by atoms with Crippen LogP contribution in [0.15, 0.2) is 48.1 Å². The van der Waals surface area contributed by atoms with Gasteiger partial charge < -0.3 is 10.2 Å². The number of carbonyl (C=O) groups excluding carboxylic acids is 2. The van der Waals surface area contributed by atoms with Crippen LogP contribution in [0.1, 0.15) is 25.3 Å². The van der Waals surface area contributed by atoms with E-state index in [2.05, 4.69) is 5.32 Å². The molecular weight excluding hydrogens is 276 g/mol. The molecule has 1 N–H and O–H groups in total. The van der Waals surface area contributed by atoms with Crippen molar-refractivity contribution in [2.75, 3.05) is 19.6 Å². The number of rotatable bonds is 7. The van der Waals surface area contributed by atoms with Crippen molar-refractivity contribution < 1.29 is 9.59 Å². The summed E-state index contributed by atoms with van der Waals surface area (Å²) < 4.78 is 0. The van der Waals surface area contributed by atoms with Crippen LogP contribution in [0.25, 0.3) is 6.08 Å². The molecule has 1 aromatic carbocycles. The van der Waals surface area contributed by atoms with Crippen LogP contribution in [0.2, 0.25) is 0 Å². The summed E-state index contributed by atoms with van der Waals surface area (Å²) in [6.07, 6.45) is 6.80. The van der Waals surface area contributed by atoms with Crippen molar-refractivity contribution in [3.8, 4) is 0 Å². The van der Waals surface area contributed by atoms with Crippen LogP contribution in [0.3, 0.4) is 0 Å². The van der Waals surface area contributed by atoms with Crippen LogP contribution in [-0.2, 0) is 9.59 Å². The van der Waals surface area contributed by atoms with Gasteiger partial charge in [0.25, 0.3) is 0 Å². The molecule has 2 rings (SSSR count). The predicted octanol–water partition coefficient (Wildman–Crippen LogP) is 2.38. The monoisotopic (exact) mass is 298 g/mol. The van der Waals surface area contributed by atoms with Gasteiger partial charge in [0.05, 0.1) is 0 Å². The quantitative estimate of drug-likeness (QED) is 0.620. The first-order valence-corrected chi connectivity index (χ1v) is 7.62. The number of amides is 2. The van der Waals surface area contributed by atoms with Crippen molar-refractivity contribution >= 4 is 17.9 Å². The number of hydrogen-bond acceptors (Lipinski definition) is 2. The summed E-state index contributed by atoms with van der Waals surface area (Å²) in [5.41, 5.74) is 2.12. The summed E-state index contributed by atoms with van der Waals surface area (Å²) in [5.74, 6) is 0.0194. The Bertz CT molecular complexity index is 576. The Morgan fingerprint density at radius 1 is 1.27 bits per heavy atom. The fraction of sp³-hybridized carbons (Fsp3) is 0.333. The molecule has 2 amide bonds. The van der Waals surface area contributed by atoms with E-state index < -0.39 is 0 Å². The number of nitrogens with zero attached hydrogens (tertiary/aromatic N) is 1. The van der Waals surface area contributed by atoms with E-state index in [1.165, 1.54) is 0 Å². The molecule has 0 fully saturated rings. The lowest BCUT2D eigenvalue weighted by atomic mass is 10.2. The lowest BCUT2D eigenvalue weighted by Gasteiger charge is -2.15. The molecule has 0 aliphatic carbocycles. The van der Waals surface area contributed by atoms with Gasteiger partial charge in [-0.3, -0.25) is 9.59 Å². The van der Waals surface area contributed by atoms with Gasteiger partial charge in [0.1, 0.15) is 0 Å². The highest BCUT2D eigenvalue weighted by atomic mass is 16.2. The van der Waals surface area contributed by atoms with Crippen LogP contribution < -0.4 is 5.32 Å². The summed E-state index contributed by atoms with van der Waals surface area (Å²) >= 11 is 0. The maximum absolute atomic E-state index is 11.7. The van der Waals surface area contributed by atoms with Crippen molar-refractivity contribution in [1.29, 1.82) is 0 Å². The highest BCUT2D eigenvalue weighted by molar-refractivity contribution is 5.91. The van der Waals surface area contributed by atoms with Gasteiger partial charge in [-0.05, 0) is 37.0 Å². The number of carbonyl (C=O) groups is 2. The highest BCUT2D eigenvalue weighted by Gasteiger charge is 2.17. The molecule has 1 heterocycles.